The van der Waals surface area contributed by atoms with E-state index in [-0.39, 0.29) is 0 Å². The highest BCUT2D eigenvalue weighted by molar-refractivity contribution is 5.23. The Labute approximate surface area is 105 Å². The fourth-order valence-corrected chi connectivity index (χ4v) is 2.19. The van der Waals surface area contributed by atoms with E-state index in [9.17, 15) is 5.11 Å². The molecule has 1 unspecified atom stereocenters. The quantitative estimate of drug-likeness (QED) is 0.855. The molecule has 0 amide bonds. The van der Waals surface area contributed by atoms with Gasteiger partial charge in [-0.1, -0.05) is 30.3 Å². The molecule has 0 saturated heterocycles. The van der Waals surface area contributed by atoms with E-state index in [1.54, 1.807) is 0 Å². The third-order valence-electron chi connectivity index (χ3n) is 3.15. The van der Waals surface area contributed by atoms with Crippen molar-refractivity contribution in [3.8, 4) is 0 Å². The van der Waals surface area contributed by atoms with Crippen molar-refractivity contribution in [2.75, 3.05) is 13.2 Å². The van der Waals surface area contributed by atoms with Crippen molar-refractivity contribution in [2.45, 2.75) is 19.1 Å². The fraction of sp³-hybridized carbons (Fsp3) is 0.385. The van der Waals surface area contributed by atoms with Crippen LogP contribution in [0.2, 0.25) is 0 Å². The second-order valence-electron chi connectivity index (χ2n) is 4.30. The normalized spacial score (nSPS) is 16.9. The highest BCUT2D eigenvalue weighted by Gasteiger charge is 2.21. The highest BCUT2D eigenvalue weighted by atomic mass is 16.5. The number of nitrogens with zero attached hydrogens (tertiary/aromatic N) is 3. The third-order valence-corrected chi connectivity index (χ3v) is 3.15. The van der Waals surface area contributed by atoms with E-state index in [2.05, 4.69) is 10.2 Å². The van der Waals surface area contributed by atoms with Crippen LogP contribution in [0.25, 0.3) is 0 Å². The van der Waals surface area contributed by atoms with Gasteiger partial charge in [0.15, 0.2) is 5.82 Å². The smallest absolute Gasteiger partial charge is 0.166 e. The van der Waals surface area contributed by atoms with Gasteiger partial charge in [-0.2, -0.15) is 0 Å². The summed E-state index contributed by atoms with van der Waals surface area (Å²) in [6, 6.07) is 9.51. The Morgan fingerprint density at radius 2 is 2.00 bits per heavy atom. The van der Waals surface area contributed by atoms with Gasteiger partial charge >= 0.3 is 0 Å². The van der Waals surface area contributed by atoms with Crippen LogP contribution in [-0.4, -0.2) is 33.1 Å². The molecule has 2 aromatic rings. The van der Waals surface area contributed by atoms with Gasteiger partial charge in [-0.05, 0) is 5.56 Å². The second kappa shape index (κ2) is 4.88. The molecule has 1 aromatic heterocycles. The summed E-state index contributed by atoms with van der Waals surface area (Å²) < 4.78 is 7.37. The monoisotopic (exact) mass is 245 g/mol. The van der Waals surface area contributed by atoms with E-state index in [1.165, 1.54) is 0 Å². The molecule has 0 radical (unpaired) electrons. The topological polar surface area (TPSA) is 60.2 Å². The van der Waals surface area contributed by atoms with Gasteiger partial charge in [0.25, 0.3) is 0 Å². The maximum absolute atomic E-state index is 10.4. The fourth-order valence-electron chi connectivity index (χ4n) is 2.19. The van der Waals surface area contributed by atoms with Crippen molar-refractivity contribution in [3.05, 3.63) is 47.5 Å². The van der Waals surface area contributed by atoms with Crippen LogP contribution >= 0.6 is 0 Å². The molecule has 0 aliphatic carbocycles. The van der Waals surface area contributed by atoms with Gasteiger partial charge in [0, 0.05) is 13.0 Å². The first-order valence-electron chi connectivity index (χ1n) is 6.09. The second-order valence-corrected chi connectivity index (χ2v) is 4.30. The van der Waals surface area contributed by atoms with Gasteiger partial charge in [-0.25, -0.2) is 0 Å². The molecule has 94 valence electrons. The van der Waals surface area contributed by atoms with Crippen LogP contribution in [0.5, 0.6) is 0 Å². The van der Waals surface area contributed by atoms with E-state index in [1.807, 2.05) is 34.9 Å². The number of aliphatic hydroxyl groups is 1. The van der Waals surface area contributed by atoms with Crippen molar-refractivity contribution in [1.29, 1.82) is 0 Å². The maximum atomic E-state index is 10.4. The molecule has 0 bridgehead atoms. The van der Waals surface area contributed by atoms with Gasteiger partial charge in [-0.15, -0.1) is 10.2 Å². The van der Waals surface area contributed by atoms with E-state index in [0.29, 0.717) is 25.6 Å². The first-order chi connectivity index (χ1) is 8.86. The predicted molar refractivity (Wildman–Crippen MR) is 65.0 cm³/mol. The lowest BCUT2D eigenvalue weighted by molar-refractivity contribution is 0.137. The van der Waals surface area contributed by atoms with Crippen LogP contribution in [0, 0.1) is 0 Å². The van der Waals surface area contributed by atoms with Gasteiger partial charge in [-0.3, -0.25) is 0 Å². The summed E-state index contributed by atoms with van der Waals surface area (Å²) in [5.41, 5.74) is 0.831. The number of hydrogen-bond donors (Lipinski definition) is 1. The Kier molecular flexibility index (Phi) is 3.08. The summed E-state index contributed by atoms with van der Waals surface area (Å²) in [5.74, 6) is 1.49. The van der Waals surface area contributed by atoms with Crippen molar-refractivity contribution in [1.82, 2.24) is 14.8 Å². The van der Waals surface area contributed by atoms with E-state index >= 15 is 0 Å². The number of hydrogen-bond acceptors (Lipinski definition) is 4. The maximum Gasteiger partial charge on any atom is 0.166 e. The van der Waals surface area contributed by atoms with Crippen LogP contribution in [-0.2, 0) is 17.7 Å². The summed E-state index contributed by atoms with van der Waals surface area (Å²) in [5, 5.41) is 18.6. The standard InChI is InChI=1S/C13H15N3O2/c17-12(10-4-2-1-3-5-10)13-15-14-11-6-8-18-9-7-16(11)13/h1-5,12,17H,6-9H2. The Morgan fingerprint density at radius 3 is 2.83 bits per heavy atom. The number of benzene rings is 1. The average Bonchev–Trinajstić information content (AvgIpc) is 2.68. The lowest BCUT2D eigenvalue weighted by atomic mass is 10.1. The lowest BCUT2D eigenvalue weighted by Gasteiger charge is -2.12. The lowest BCUT2D eigenvalue weighted by Crippen LogP contribution is -2.13. The molecular formula is C13H15N3O2. The molecule has 0 saturated carbocycles. The minimum absolute atomic E-state index is 0.599. The van der Waals surface area contributed by atoms with Crippen LogP contribution in [0.4, 0.5) is 0 Å². The number of aliphatic hydroxyl groups excluding tert-OH is 1. The number of fused-ring (bicyclic) bond motifs is 1. The minimum atomic E-state index is -0.731. The van der Waals surface area contributed by atoms with E-state index in [4.69, 9.17) is 4.74 Å². The summed E-state index contributed by atoms with van der Waals surface area (Å²) in [4.78, 5) is 0. The molecule has 0 fully saturated rings. The molecule has 3 rings (SSSR count). The van der Waals surface area contributed by atoms with E-state index < -0.39 is 6.10 Å². The Hall–Kier alpha value is -1.72. The zero-order valence-electron chi connectivity index (χ0n) is 9.99. The predicted octanol–water partition coefficient (Wildman–Crippen LogP) is 0.932. The molecule has 5 nitrogen and oxygen atoms in total. The molecule has 1 aromatic carbocycles. The number of ether oxygens (including phenoxy) is 1. The van der Waals surface area contributed by atoms with Gasteiger partial charge < -0.3 is 14.4 Å². The molecule has 1 aliphatic rings. The first kappa shape index (κ1) is 11.4. The molecule has 2 heterocycles. The zero-order valence-corrected chi connectivity index (χ0v) is 9.99. The van der Waals surface area contributed by atoms with Crippen LogP contribution in [0.15, 0.2) is 30.3 Å². The van der Waals surface area contributed by atoms with Gasteiger partial charge in [0.05, 0.1) is 13.2 Å². The molecule has 0 spiro atoms. The van der Waals surface area contributed by atoms with Crippen molar-refractivity contribution >= 4 is 0 Å². The molecular weight excluding hydrogens is 230 g/mol. The van der Waals surface area contributed by atoms with Crippen LogP contribution in [0.1, 0.15) is 23.3 Å². The van der Waals surface area contributed by atoms with E-state index in [0.717, 1.165) is 17.8 Å². The first-order valence-corrected chi connectivity index (χ1v) is 6.09. The highest BCUT2D eigenvalue weighted by Crippen LogP contribution is 2.21. The Bertz CT molecular complexity index is 524. The summed E-state index contributed by atoms with van der Waals surface area (Å²) in [6.07, 6.45) is 0.0136. The van der Waals surface area contributed by atoms with Gasteiger partial charge in [0.1, 0.15) is 11.9 Å². The Balaban J connectivity index is 1.95. The molecule has 1 aliphatic heterocycles. The largest absolute Gasteiger partial charge is 0.380 e. The molecule has 5 heteroatoms. The molecule has 1 N–H and O–H groups in total. The summed E-state index contributed by atoms with van der Waals surface area (Å²) in [6.45, 7) is 2.00. The Morgan fingerprint density at radius 1 is 1.17 bits per heavy atom. The number of rotatable bonds is 2. The van der Waals surface area contributed by atoms with Crippen molar-refractivity contribution in [3.63, 3.8) is 0 Å². The van der Waals surface area contributed by atoms with Crippen molar-refractivity contribution in [2.24, 2.45) is 0 Å². The van der Waals surface area contributed by atoms with Gasteiger partial charge in [0.2, 0.25) is 0 Å². The van der Waals surface area contributed by atoms with Crippen LogP contribution in [0.3, 0.4) is 0 Å². The van der Waals surface area contributed by atoms with Crippen LogP contribution < -0.4 is 0 Å². The molecule has 18 heavy (non-hydrogen) atoms. The summed E-state index contributed by atoms with van der Waals surface area (Å²) in [7, 11) is 0. The average molecular weight is 245 g/mol. The minimum Gasteiger partial charge on any atom is -0.380 e. The third kappa shape index (κ3) is 2.02. The zero-order chi connectivity index (χ0) is 12.4. The SMILES string of the molecule is OC(c1ccccc1)c1nnc2n1CCOCC2. The molecule has 1 atom stereocenters. The number of aromatic nitrogens is 3. The summed E-state index contributed by atoms with van der Waals surface area (Å²) >= 11 is 0. The van der Waals surface area contributed by atoms with Crippen molar-refractivity contribution < 1.29 is 9.84 Å².